The van der Waals surface area contributed by atoms with Crippen LogP contribution in [0.5, 0.6) is 5.88 Å². The lowest BCUT2D eigenvalue weighted by Gasteiger charge is -2.57. The number of ketones is 4. The molecule has 306 valence electrons. The van der Waals surface area contributed by atoms with E-state index in [2.05, 4.69) is 21.2 Å². The molecule has 16 nitrogen and oxygen atoms in total. The van der Waals surface area contributed by atoms with E-state index in [0.717, 1.165) is 83.3 Å². The zero-order chi connectivity index (χ0) is 41.5. The first-order valence-corrected chi connectivity index (χ1v) is 18.9. The number of nitrogens with one attached hydrogen (secondary N) is 1. The molecule has 6 N–H and O–H groups in total. The van der Waals surface area contributed by atoms with Crippen LogP contribution in [0.3, 0.4) is 0 Å². The molecule has 2 aromatic rings. The highest BCUT2D eigenvalue weighted by Crippen LogP contribution is 2.48. The van der Waals surface area contributed by atoms with Crippen LogP contribution < -0.4 is 4.74 Å². The molecule has 3 fully saturated rings. The number of hydrogen-bond acceptors (Lipinski definition) is 13. The molecule has 0 bridgehead atoms. The van der Waals surface area contributed by atoms with Crippen LogP contribution in [-0.4, -0.2) is 143 Å². The van der Waals surface area contributed by atoms with E-state index >= 15 is 0 Å². The summed E-state index contributed by atoms with van der Waals surface area (Å²) >= 11 is 0. The van der Waals surface area contributed by atoms with Crippen LogP contribution in [0, 0.1) is 12.3 Å². The number of carboxylic acid groups (broad SMARTS) is 1. The Morgan fingerprint density at radius 2 is 1.68 bits per heavy atom. The van der Waals surface area contributed by atoms with Crippen molar-refractivity contribution in [3.8, 4) is 5.88 Å². The molecule has 16 heteroatoms. The third-order valence-corrected chi connectivity index (χ3v) is 11.8. The summed E-state index contributed by atoms with van der Waals surface area (Å²) in [4.78, 5) is 67.1. The number of benzene rings is 1. The molecular weight excluding hydrogens is 728 g/mol. The lowest BCUT2D eigenvalue weighted by Crippen LogP contribution is -2.87. The Balaban J connectivity index is 1.36. The van der Waals surface area contributed by atoms with Crippen molar-refractivity contribution in [3.63, 3.8) is 0 Å². The second-order valence-corrected chi connectivity index (χ2v) is 16.1. The molecule has 0 aliphatic carbocycles. The number of H-pyrrole nitrogens is 1. The number of hydrogen-bond donors (Lipinski definition) is 6. The highest BCUT2D eigenvalue weighted by atomic mass is 16.7. The molecule has 3 aliphatic rings. The molecule has 3 saturated heterocycles. The van der Waals surface area contributed by atoms with Gasteiger partial charge in [-0.15, -0.1) is 5.10 Å². The summed E-state index contributed by atoms with van der Waals surface area (Å²) in [5, 5.41) is 62.9. The summed E-state index contributed by atoms with van der Waals surface area (Å²) in [6.45, 7) is 12.8. The van der Waals surface area contributed by atoms with E-state index in [1.165, 1.54) is 4.90 Å². The Morgan fingerprint density at radius 1 is 1.02 bits per heavy atom. The lowest BCUT2D eigenvalue weighted by atomic mass is 9.60. The van der Waals surface area contributed by atoms with Gasteiger partial charge >= 0.3 is 6.09 Å². The summed E-state index contributed by atoms with van der Waals surface area (Å²) in [6.07, 6.45) is -0.703. The Hall–Kier alpha value is -4.32. The normalized spacial score (nSPS) is 28.3. The summed E-state index contributed by atoms with van der Waals surface area (Å²) in [6, 6.07) is 5.92. The van der Waals surface area contributed by atoms with E-state index in [-0.39, 0.29) is 23.6 Å². The first kappa shape index (κ1) is 42.8. The zero-order valence-electron chi connectivity index (χ0n) is 33.0. The smallest absolute Gasteiger partial charge is 0.407 e. The predicted octanol–water partition coefficient (Wildman–Crippen LogP) is 1.93. The zero-order valence-corrected chi connectivity index (χ0v) is 33.0. The number of rotatable bonds is 14. The van der Waals surface area contributed by atoms with Gasteiger partial charge in [-0.2, -0.15) is 0 Å². The summed E-state index contributed by atoms with van der Waals surface area (Å²) in [5.74, 6) is -5.47. The minimum atomic E-state index is -3.64. The quantitative estimate of drug-likeness (QED) is 0.161. The molecule has 1 spiro atoms. The van der Waals surface area contributed by atoms with E-state index in [1.807, 2.05) is 45.0 Å². The number of aryl methyl sites for hydroxylation is 1. The molecule has 4 heterocycles. The first-order valence-electron chi connectivity index (χ1n) is 18.9. The fraction of sp³-hybridized carbons (Fsp3) is 0.600. The van der Waals surface area contributed by atoms with Gasteiger partial charge < -0.3 is 44.8 Å². The average Bonchev–Trinajstić information content (AvgIpc) is 3.51. The second kappa shape index (κ2) is 15.9. The van der Waals surface area contributed by atoms with Gasteiger partial charge in [0.15, 0.2) is 28.7 Å². The number of amides is 1. The van der Waals surface area contributed by atoms with Gasteiger partial charge in [0.25, 0.3) is 0 Å². The van der Waals surface area contributed by atoms with Crippen LogP contribution in [0.1, 0.15) is 94.7 Å². The van der Waals surface area contributed by atoms with Crippen LogP contribution in [0.2, 0.25) is 0 Å². The maximum atomic E-state index is 13.2. The van der Waals surface area contributed by atoms with Crippen LogP contribution in [0.4, 0.5) is 4.79 Å². The van der Waals surface area contributed by atoms with E-state index in [9.17, 15) is 49.5 Å². The molecule has 5 rings (SSSR count). The Morgan fingerprint density at radius 3 is 2.23 bits per heavy atom. The average molecular weight is 783 g/mol. The van der Waals surface area contributed by atoms with E-state index in [0.29, 0.717) is 24.3 Å². The van der Waals surface area contributed by atoms with Crippen molar-refractivity contribution >= 4 is 35.3 Å². The number of carbonyl (C=O) groups is 5. The van der Waals surface area contributed by atoms with Crippen molar-refractivity contribution in [3.05, 3.63) is 52.2 Å². The van der Waals surface area contributed by atoms with Crippen molar-refractivity contribution in [2.45, 2.75) is 115 Å². The third-order valence-electron chi connectivity index (χ3n) is 11.8. The standard InChI is InChI=1S/C40H54N4O12/c1-22(2)31-30(18-29-13-12-28(17-23(29)3)11-8-9-15-43-19-37(20-43)14-10-16-44(21-37)36(50)51)34(42-41-31)56-35-39(53,26(6)47)40(54,27(7)48)38(52,25(5)46)33(55-35)32(49)24(4)45/h8,11-13,17,22,32-33,35,49,52-54H,9-10,14-16,18-21H2,1-7H3,(H,41,42)(H,50,51)/b11-8+/t32?,33-,35+,38-,39+,40+/m1/s1. The molecule has 0 radical (unpaired) electrons. The van der Waals surface area contributed by atoms with Gasteiger partial charge in [0, 0.05) is 55.8 Å². The van der Waals surface area contributed by atoms with Gasteiger partial charge in [-0.1, -0.05) is 44.2 Å². The topological polar surface area (TPSA) is 240 Å². The minimum absolute atomic E-state index is 0.0693. The maximum absolute atomic E-state index is 13.2. The van der Waals surface area contributed by atoms with Crippen molar-refractivity contribution in [1.82, 2.24) is 20.0 Å². The molecule has 1 unspecified atom stereocenters. The highest BCUT2D eigenvalue weighted by Gasteiger charge is 2.80. The number of aliphatic hydroxyl groups is 4. The van der Waals surface area contributed by atoms with Gasteiger partial charge in [-0.05, 0) is 76.5 Å². The number of nitrogens with zero attached hydrogens (tertiary/aromatic N) is 3. The highest BCUT2D eigenvalue weighted by molar-refractivity contribution is 6.05. The summed E-state index contributed by atoms with van der Waals surface area (Å²) in [7, 11) is 0. The number of aromatic amines is 1. The van der Waals surface area contributed by atoms with Gasteiger partial charge in [0.1, 0.15) is 12.2 Å². The van der Waals surface area contributed by atoms with Crippen molar-refractivity contribution in [1.29, 1.82) is 0 Å². The predicted molar refractivity (Wildman–Crippen MR) is 201 cm³/mol. The molecule has 3 aliphatic heterocycles. The molecule has 1 amide bonds. The molecule has 1 aromatic heterocycles. The van der Waals surface area contributed by atoms with Gasteiger partial charge in [-0.3, -0.25) is 24.3 Å². The number of likely N-dealkylation sites (tertiary alicyclic amines) is 2. The van der Waals surface area contributed by atoms with Crippen LogP contribution in [0.15, 0.2) is 24.3 Å². The molecule has 0 saturated carbocycles. The number of Topliss-reactive ketones (excluding diaryl/α,β-unsaturated/α-hetero) is 4. The minimum Gasteiger partial charge on any atom is -0.465 e. The summed E-state index contributed by atoms with van der Waals surface area (Å²) < 4.78 is 11.7. The first-order chi connectivity index (χ1) is 26.1. The molecule has 56 heavy (non-hydrogen) atoms. The Bertz CT molecular complexity index is 1900. The Kier molecular flexibility index (Phi) is 12.2. The van der Waals surface area contributed by atoms with Crippen molar-refractivity contribution in [2.24, 2.45) is 5.41 Å². The second-order valence-electron chi connectivity index (χ2n) is 16.1. The fourth-order valence-corrected chi connectivity index (χ4v) is 8.63. The third kappa shape index (κ3) is 7.34. The monoisotopic (exact) mass is 782 g/mol. The van der Waals surface area contributed by atoms with Gasteiger partial charge in [0.05, 0.1) is 0 Å². The van der Waals surface area contributed by atoms with Gasteiger partial charge in [0.2, 0.25) is 23.4 Å². The van der Waals surface area contributed by atoms with E-state index in [1.54, 1.807) is 0 Å². The largest absolute Gasteiger partial charge is 0.465 e. The number of ether oxygens (including phenoxy) is 2. The Labute approximate surface area is 325 Å². The van der Waals surface area contributed by atoms with Crippen LogP contribution >= 0.6 is 0 Å². The van der Waals surface area contributed by atoms with Crippen molar-refractivity contribution in [2.75, 3.05) is 32.7 Å². The van der Waals surface area contributed by atoms with Crippen LogP contribution in [0.25, 0.3) is 6.08 Å². The number of piperidine rings is 1. The number of aromatic nitrogens is 2. The molecule has 1 aromatic carbocycles. The van der Waals surface area contributed by atoms with E-state index in [4.69, 9.17) is 9.47 Å². The molecule has 6 atom stereocenters. The number of aliphatic hydroxyl groups excluding tert-OH is 1. The SMILES string of the molecule is CC(=O)C(O)[C@H]1O[C@@H](Oc2n[nH]c(C(C)C)c2Cc2ccc(/C=C/CCN3CC4(CCCN(C(=O)O)C4)C3)cc2C)[C@@](O)(C(C)=O)[C@](O)(C(C)=O)[C@@]1(O)C(C)=O. The van der Waals surface area contributed by atoms with Gasteiger partial charge in [-0.25, -0.2) is 4.79 Å². The molecular formula is C40H54N4O12. The summed E-state index contributed by atoms with van der Waals surface area (Å²) in [5.41, 5.74) is -6.61. The lowest BCUT2D eigenvalue weighted by molar-refractivity contribution is -0.358. The number of carbonyl (C=O) groups excluding carboxylic acids is 4. The van der Waals surface area contributed by atoms with E-state index < -0.39 is 64.5 Å². The maximum Gasteiger partial charge on any atom is 0.407 e. The fourth-order valence-electron chi connectivity index (χ4n) is 8.63. The van der Waals surface area contributed by atoms with Crippen molar-refractivity contribution < 1.29 is 59.0 Å². The van der Waals surface area contributed by atoms with Crippen LogP contribution in [-0.2, 0) is 30.3 Å².